The summed E-state index contributed by atoms with van der Waals surface area (Å²) in [6.07, 6.45) is 5.71. The Morgan fingerprint density at radius 1 is 1.27 bits per heavy atom. The lowest BCUT2D eigenvalue weighted by atomic mass is 9.68. The van der Waals surface area contributed by atoms with Crippen molar-refractivity contribution in [3.63, 3.8) is 0 Å². The van der Waals surface area contributed by atoms with E-state index in [1.807, 2.05) is 6.20 Å². The van der Waals surface area contributed by atoms with Crippen molar-refractivity contribution in [2.75, 3.05) is 5.32 Å². The molecule has 0 saturated heterocycles. The molecule has 120 valence electrons. The molecule has 0 unspecified atom stereocenters. The average molecular weight is 299 g/mol. The lowest BCUT2D eigenvalue weighted by Crippen LogP contribution is -2.29. The molecule has 1 aromatic carbocycles. The lowest BCUT2D eigenvalue weighted by Gasteiger charge is -2.36. The third-order valence-electron chi connectivity index (χ3n) is 5.48. The second-order valence-electron chi connectivity index (χ2n) is 7.32. The van der Waals surface area contributed by atoms with Crippen LogP contribution in [-0.4, -0.2) is 5.78 Å². The number of nitrogens with one attached hydrogen (secondary N) is 1. The Labute approximate surface area is 135 Å². The molecule has 0 bridgehead atoms. The Morgan fingerprint density at radius 2 is 2.00 bits per heavy atom. The summed E-state index contributed by atoms with van der Waals surface area (Å²) in [6.45, 7) is 11.1. The number of allylic oxidation sites excluding steroid dienone is 1. The van der Waals surface area contributed by atoms with E-state index in [1.165, 1.54) is 11.1 Å². The first-order valence-corrected chi connectivity index (χ1v) is 8.39. The molecule has 0 heterocycles. The molecule has 1 aliphatic rings. The van der Waals surface area contributed by atoms with Crippen molar-refractivity contribution in [2.45, 2.75) is 60.3 Å². The molecule has 1 fully saturated rings. The Kier molecular flexibility index (Phi) is 5.10. The van der Waals surface area contributed by atoms with Crippen LogP contribution in [0.3, 0.4) is 0 Å². The Bertz CT molecular complexity index is 583. The van der Waals surface area contributed by atoms with Crippen molar-refractivity contribution in [1.29, 1.82) is 0 Å². The summed E-state index contributed by atoms with van der Waals surface area (Å²) in [5, 5.41) is 3.32. The molecule has 1 atom stereocenters. The van der Waals surface area contributed by atoms with Gasteiger partial charge in [-0.05, 0) is 61.3 Å². The van der Waals surface area contributed by atoms with Gasteiger partial charge in [-0.3, -0.25) is 4.79 Å². The zero-order valence-corrected chi connectivity index (χ0v) is 14.6. The van der Waals surface area contributed by atoms with Crippen LogP contribution < -0.4 is 5.32 Å². The summed E-state index contributed by atoms with van der Waals surface area (Å²) in [5.41, 5.74) is 4.87. The van der Waals surface area contributed by atoms with Gasteiger partial charge in [-0.25, -0.2) is 0 Å². The maximum absolute atomic E-state index is 12.2. The second-order valence-corrected chi connectivity index (χ2v) is 7.32. The van der Waals surface area contributed by atoms with Gasteiger partial charge >= 0.3 is 0 Å². The summed E-state index contributed by atoms with van der Waals surface area (Å²) in [6, 6.07) is 6.31. The van der Waals surface area contributed by atoms with E-state index >= 15 is 0 Å². The molecule has 0 radical (unpaired) electrons. The van der Waals surface area contributed by atoms with Crippen LogP contribution in [0.2, 0.25) is 0 Å². The van der Waals surface area contributed by atoms with E-state index in [0.717, 1.165) is 30.5 Å². The monoisotopic (exact) mass is 299 g/mol. The highest BCUT2D eigenvalue weighted by molar-refractivity contribution is 5.96. The highest BCUT2D eigenvalue weighted by atomic mass is 16.1. The molecule has 1 aliphatic carbocycles. The van der Waals surface area contributed by atoms with E-state index in [0.29, 0.717) is 23.5 Å². The van der Waals surface area contributed by atoms with Crippen molar-refractivity contribution in [2.24, 2.45) is 11.3 Å². The lowest BCUT2D eigenvalue weighted by molar-refractivity contribution is -0.117. The average Bonchev–Trinajstić information content (AvgIpc) is 2.49. The molecule has 0 aromatic heterocycles. The largest absolute Gasteiger partial charge is 0.361 e. The minimum Gasteiger partial charge on any atom is -0.361 e. The maximum Gasteiger partial charge on any atom is 0.160 e. The maximum atomic E-state index is 12.2. The predicted molar refractivity (Wildman–Crippen MR) is 94.0 cm³/mol. The van der Waals surface area contributed by atoms with Crippen molar-refractivity contribution in [3.05, 3.63) is 41.1 Å². The Hall–Kier alpha value is -1.57. The minimum absolute atomic E-state index is 0.305. The number of aryl methyl sites for hydroxylation is 2. The van der Waals surface area contributed by atoms with Gasteiger partial charge in [-0.2, -0.15) is 0 Å². The number of ketones is 1. The highest BCUT2D eigenvalue weighted by Crippen LogP contribution is 2.41. The standard InChI is InChI=1S/C20H29NO/c1-6-20(4,5)17-8-10-19(22)16(12-17)13-21-18-9-7-14(2)15(3)11-18/h7,9,11,13,17,21H,6,8,10,12H2,1-5H3/b16-13+/t17-/m1/s1. The third kappa shape index (κ3) is 3.79. The van der Waals surface area contributed by atoms with Gasteiger partial charge in [0.1, 0.15) is 0 Å². The number of hydrogen-bond acceptors (Lipinski definition) is 2. The predicted octanol–water partition coefficient (Wildman–Crippen LogP) is 5.40. The van der Waals surface area contributed by atoms with Crippen LogP contribution in [0.4, 0.5) is 5.69 Å². The van der Waals surface area contributed by atoms with E-state index in [1.54, 1.807) is 0 Å². The smallest absolute Gasteiger partial charge is 0.160 e. The number of carbonyl (C=O) groups is 1. The number of hydrogen-bond donors (Lipinski definition) is 1. The van der Waals surface area contributed by atoms with Crippen LogP contribution in [0, 0.1) is 25.2 Å². The number of rotatable bonds is 4. The van der Waals surface area contributed by atoms with Crippen molar-refractivity contribution < 1.29 is 4.79 Å². The summed E-state index contributed by atoms with van der Waals surface area (Å²) < 4.78 is 0. The van der Waals surface area contributed by atoms with E-state index in [-0.39, 0.29) is 0 Å². The zero-order valence-electron chi connectivity index (χ0n) is 14.6. The van der Waals surface area contributed by atoms with E-state index in [2.05, 4.69) is 58.1 Å². The zero-order chi connectivity index (χ0) is 16.3. The van der Waals surface area contributed by atoms with Crippen molar-refractivity contribution >= 4 is 11.5 Å². The molecule has 0 aliphatic heterocycles. The number of carbonyl (C=O) groups excluding carboxylic acids is 1. The summed E-state index contributed by atoms with van der Waals surface area (Å²) in [4.78, 5) is 12.2. The van der Waals surface area contributed by atoms with Gasteiger partial charge in [0.2, 0.25) is 0 Å². The van der Waals surface area contributed by atoms with Crippen LogP contribution in [0.5, 0.6) is 0 Å². The highest BCUT2D eigenvalue weighted by Gasteiger charge is 2.33. The first-order valence-electron chi connectivity index (χ1n) is 8.39. The molecule has 2 nitrogen and oxygen atoms in total. The van der Waals surface area contributed by atoms with Gasteiger partial charge in [0, 0.05) is 23.9 Å². The van der Waals surface area contributed by atoms with Crippen LogP contribution in [0.1, 0.15) is 57.6 Å². The molecular formula is C20H29NO. The molecule has 0 spiro atoms. The molecule has 2 rings (SSSR count). The summed E-state index contributed by atoms with van der Waals surface area (Å²) in [5.74, 6) is 0.905. The number of Topliss-reactive ketones (excluding diaryl/α,β-unsaturated/α-hetero) is 1. The fraction of sp³-hybridized carbons (Fsp3) is 0.550. The van der Waals surface area contributed by atoms with Crippen molar-refractivity contribution in [3.8, 4) is 0 Å². The quantitative estimate of drug-likeness (QED) is 0.754. The molecule has 0 amide bonds. The van der Waals surface area contributed by atoms with Crippen LogP contribution in [0.15, 0.2) is 30.0 Å². The fourth-order valence-corrected chi connectivity index (χ4v) is 3.04. The van der Waals surface area contributed by atoms with E-state index in [4.69, 9.17) is 0 Å². The molecule has 1 N–H and O–H groups in total. The Morgan fingerprint density at radius 3 is 2.64 bits per heavy atom. The first-order chi connectivity index (χ1) is 10.3. The third-order valence-corrected chi connectivity index (χ3v) is 5.48. The van der Waals surface area contributed by atoms with Gasteiger partial charge < -0.3 is 5.32 Å². The fourth-order valence-electron chi connectivity index (χ4n) is 3.04. The summed E-state index contributed by atoms with van der Waals surface area (Å²) in [7, 11) is 0. The van der Waals surface area contributed by atoms with Gasteiger partial charge in [0.05, 0.1) is 0 Å². The van der Waals surface area contributed by atoms with Crippen LogP contribution in [0.25, 0.3) is 0 Å². The normalized spacial score (nSPS) is 21.2. The molecule has 2 heteroatoms. The van der Waals surface area contributed by atoms with E-state index in [9.17, 15) is 4.79 Å². The van der Waals surface area contributed by atoms with Gasteiger partial charge in [0.15, 0.2) is 5.78 Å². The number of anilines is 1. The van der Waals surface area contributed by atoms with E-state index < -0.39 is 0 Å². The second kappa shape index (κ2) is 6.68. The van der Waals surface area contributed by atoms with Crippen LogP contribution in [-0.2, 0) is 4.79 Å². The molecule has 1 saturated carbocycles. The molecule has 1 aromatic rings. The minimum atomic E-state index is 0.305. The van der Waals surface area contributed by atoms with Gasteiger partial charge in [-0.15, -0.1) is 0 Å². The van der Waals surface area contributed by atoms with Gasteiger partial charge in [-0.1, -0.05) is 33.3 Å². The molecular weight excluding hydrogens is 270 g/mol. The van der Waals surface area contributed by atoms with Crippen molar-refractivity contribution in [1.82, 2.24) is 0 Å². The number of benzene rings is 1. The SMILES string of the molecule is CCC(C)(C)[C@@H]1CCC(=O)/C(=C/Nc2ccc(C)c(C)c2)C1. The van der Waals surface area contributed by atoms with Gasteiger partial charge in [0.25, 0.3) is 0 Å². The van der Waals surface area contributed by atoms with Crippen LogP contribution >= 0.6 is 0 Å². The summed E-state index contributed by atoms with van der Waals surface area (Å²) >= 11 is 0. The first kappa shape index (κ1) is 16.8. The Balaban J connectivity index is 2.11. The topological polar surface area (TPSA) is 29.1 Å². The molecule has 22 heavy (non-hydrogen) atoms.